The predicted molar refractivity (Wildman–Crippen MR) is 168 cm³/mol. The molecule has 14 nitrogen and oxygen atoms in total. The molecule has 1 aromatic heterocycles. The number of carboxylic acid groups (broad SMARTS) is 1. The molecule has 2 aromatic rings. The second kappa shape index (κ2) is 16.2. The minimum atomic E-state index is -1.13. The van der Waals surface area contributed by atoms with Gasteiger partial charge >= 0.3 is 12.1 Å². The quantitative estimate of drug-likeness (QED) is 0.330. The van der Waals surface area contributed by atoms with E-state index in [1.54, 1.807) is 36.1 Å². The molecule has 250 valence electrons. The maximum absolute atomic E-state index is 13.5. The van der Waals surface area contributed by atoms with Gasteiger partial charge in [0.2, 0.25) is 5.91 Å². The maximum atomic E-state index is 13.5. The number of nitrogens with zero attached hydrogens (tertiary/aromatic N) is 5. The molecule has 2 aliphatic rings. The second-order valence-corrected chi connectivity index (χ2v) is 11.3. The minimum Gasteiger partial charge on any atom is -0.483 e. The number of benzene rings is 1. The van der Waals surface area contributed by atoms with Crippen molar-refractivity contribution in [2.45, 2.75) is 52.1 Å². The molecule has 0 aliphatic carbocycles. The summed E-state index contributed by atoms with van der Waals surface area (Å²) in [4.78, 5) is 75.1. The Kier molecular flexibility index (Phi) is 12.1. The summed E-state index contributed by atoms with van der Waals surface area (Å²) in [5.74, 6) is -2.09. The van der Waals surface area contributed by atoms with Crippen molar-refractivity contribution in [1.29, 1.82) is 0 Å². The van der Waals surface area contributed by atoms with Gasteiger partial charge in [0.15, 0.2) is 6.61 Å². The highest BCUT2D eigenvalue weighted by atomic mass is 16.6. The SMILES string of the molecule is CCOC(=O)N1CCN(C(=O)[C@H](CCC(=O)O)NC(=O)c2cc(OCC(=O)N3CCC(N(CC)CC)C3)c3ccccc3n2)CC1. The lowest BCUT2D eigenvalue weighted by molar-refractivity contribution is -0.138. The Morgan fingerprint density at radius 3 is 2.37 bits per heavy atom. The number of likely N-dealkylation sites (tertiary alicyclic amines) is 1. The first-order valence-electron chi connectivity index (χ1n) is 15.9. The van der Waals surface area contributed by atoms with Gasteiger partial charge < -0.3 is 34.6 Å². The molecular formula is C32H44N6O8. The fourth-order valence-corrected chi connectivity index (χ4v) is 5.92. The van der Waals surface area contributed by atoms with Gasteiger partial charge in [-0.1, -0.05) is 26.0 Å². The van der Waals surface area contributed by atoms with Crippen LogP contribution in [-0.2, 0) is 19.1 Å². The molecule has 4 rings (SSSR count). The van der Waals surface area contributed by atoms with Crippen molar-refractivity contribution < 1.29 is 38.6 Å². The number of carbonyl (C=O) groups excluding carboxylic acids is 4. The van der Waals surface area contributed by atoms with Gasteiger partial charge in [-0.3, -0.25) is 24.1 Å². The van der Waals surface area contributed by atoms with Gasteiger partial charge in [0, 0.05) is 63.2 Å². The number of ether oxygens (including phenoxy) is 2. The van der Waals surface area contributed by atoms with Crippen molar-refractivity contribution in [2.24, 2.45) is 0 Å². The minimum absolute atomic E-state index is 0.0378. The third-order valence-corrected chi connectivity index (χ3v) is 8.47. The predicted octanol–water partition coefficient (Wildman–Crippen LogP) is 1.82. The average molecular weight is 641 g/mol. The van der Waals surface area contributed by atoms with E-state index >= 15 is 0 Å². The van der Waals surface area contributed by atoms with Crippen LogP contribution in [0.2, 0.25) is 0 Å². The number of carbonyl (C=O) groups is 5. The highest BCUT2D eigenvalue weighted by Gasteiger charge is 2.32. The van der Waals surface area contributed by atoms with Crippen LogP contribution in [0.1, 0.15) is 50.5 Å². The summed E-state index contributed by atoms with van der Waals surface area (Å²) in [7, 11) is 0. The van der Waals surface area contributed by atoms with Crippen LogP contribution in [0.4, 0.5) is 4.79 Å². The number of aromatic nitrogens is 1. The van der Waals surface area contributed by atoms with E-state index in [9.17, 15) is 29.1 Å². The fourth-order valence-electron chi connectivity index (χ4n) is 5.92. The van der Waals surface area contributed by atoms with Gasteiger partial charge in [0.1, 0.15) is 17.5 Å². The van der Waals surface area contributed by atoms with Crippen LogP contribution in [0, 0.1) is 0 Å². The Bertz CT molecular complexity index is 1410. The Hall–Kier alpha value is -4.46. The van der Waals surface area contributed by atoms with Crippen LogP contribution < -0.4 is 10.1 Å². The number of amides is 4. The molecular weight excluding hydrogens is 596 g/mol. The molecule has 1 aromatic carbocycles. The fraction of sp³-hybridized carbons (Fsp3) is 0.562. The van der Waals surface area contributed by atoms with Crippen LogP contribution in [0.5, 0.6) is 5.75 Å². The van der Waals surface area contributed by atoms with E-state index in [1.165, 1.54) is 15.9 Å². The van der Waals surface area contributed by atoms with Crippen molar-refractivity contribution >= 4 is 40.7 Å². The van der Waals surface area contributed by atoms with E-state index in [1.807, 2.05) is 0 Å². The lowest BCUT2D eigenvalue weighted by Gasteiger charge is -2.35. The monoisotopic (exact) mass is 640 g/mol. The number of likely N-dealkylation sites (N-methyl/N-ethyl adjacent to an activating group) is 1. The molecule has 46 heavy (non-hydrogen) atoms. The van der Waals surface area contributed by atoms with Crippen molar-refractivity contribution in [3.63, 3.8) is 0 Å². The summed E-state index contributed by atoms with van der Waals surface area (Å²) >= 11 is 0. The number of rotatable bonds is 13. The van der Waals surface area contributed by atoms with Crippen molar-refractivity contribution in [1.82, 2.24) is 29.9 Å². The number of pyridine rings is 1. The summed E-state index contributed by atoms with van der Waals surface area (Å²) < 4.78 is 11.0. The largest absolute Gasteiger partial charge is 0.483 e. The zero-order valence-corrected chi connectivity index (χ0v) is 26.8. The Labute approximate surface area is 268 Å². The van der Waals surface area contributed by atoms with Gasteiger partial charge in [0.25, 0.3) is 11.8 Å². The van der Waals surface area contributed by atoms with Crippen molar-refractivity contribution in [3.05, 3.63) is 36.0 Å². The molecule has 0 spiro atoms. The van der Waals surface area contributed by atoms with Crippen LogP contribution in [0.15, 0.2) is 30.3 Å². The molecule has 4 amide bonds. The van der Waals surface area contributed by atoms with E-state index in [0.717, 1.165) is 19.5 Å². The molecule has 2 N–H and O–H groups in total. The molecule has 2 saturated heterocycles. The summed E-state index contributed by atoms with van der Waals surface area (Å²) in [5, 5.41) is 12.6. The molecule has 14 heteroatoms. The Morgan fingerprint density at radius 1 is 1.00 bits per heavy atom. The Morgan fingerprint density at radius 2 is 1.70 bits per heavy atom. The molecule has 2 aliphatic heterocycles. The third kappa shape index (κ3) is 8.62. The summed E-state index contributed by atoms with van der Waals surface area (Å²) in [6.45, 7) is 10.0. The topological polar surface area (TPSA) is 162 Å². The number of carboxylic acids is 1. The van der Waals surface area contributed by atoms with E-state index in [2.05, 4.69) is 29.0 Å². The smallest absolute Gasteiger partial charge is 0.409 e. The highest BCUT2D eigenvalue weighted by molar-refractivity contribution is 5.99. The number of hydrogen-bond donors (Lipinski definition) is 2. The number of hydrogen-bond acceptors (Lipinski definition) is 9. The number of piperazine rings is 1. The third-order valence-electron chi connectivity index (χ3n) is 8.47. The summed E-state index contributed by atoms with van der Waals surface area (Å²) in [6, 6.07) is 7.68. The number of para-hydroxylation sites is 1. The number of nitrogens with one attached hydrogen (secondary N) is 1. The first kappa shape index (κ1) is 34.4. The van der Waals surface area contributed by atoms with Gasteiger partial charge in [-0.05, 0) is 45.0 Å². The normalized spacial score (nSPS) is 17.2. The first-order valence-corrected chi connectivity index (χ1v) is 15.9. The summed E-state index contributed by atoms with van der Waals surface area (Å²) in [5.41, 5.74) is 0.424. The number of fused-ring (bicyclic) bond motifs is 1. The number of aliphatic carboxylic acids is 1. The molecule has 0 radical (unpaired) electrons. The second-order valence-electron chi connectivity index (χ2n) is 11.3. The van der Waals surface area contributed by atoms with E-state index in [-0.39, 0.29) is 63.8 Å². The van der Waals surface area contributed by atoms with Gasteiger partial charge in [0.05, 0.1) is 12.1 Å². The van der Waals surface area contributed by atoms with Gasteiger partial charge in [-0.2, -0.15) is 0 Å². The highest BCUT2D eigenvalue weighted by Crippen LogP contribution is 2.26. The lowest BCUT2D eigenvalue weighted by atomic mass is 10.1. The maximum Gasteiger partial charge on any atom is 0.409 e. The van der Waals surface area contributed by atoms with Gasteiger partial charge in [-0.25, -0.2) is 9.78 Å². The molecule has 0 bridgehead atoms. The zero-order chi connectivity index (χ0) is 33.2. The molecule has 3 heterocycles. The standard InChI is InChI=1S/C32H44N6O8/c1-4-35(5-2)22-13-14-38(20-22)28(39)21-46-27-19-26(33-24-10-8-7-9-23(24)27)30(42)34-25(11-12-29(40)41)31(43)36-15-17-37(18-16-36)32(44)45-6-3/h7-10,19,22,25H,4-6,11-18,20-21H2,1-3H3,(H,34,42)(H,40,41)/t22?,25-/m0/s1. The van der Waals surface area contributed by atoms with Crippen LogP contribution >= 0.6 is 0 Å². The van der Waals surface area contributed by atoms with Crippen LogP contribution in [0.3, 0.4) is 0 Å². The Balaban J connectivity index is 1.46. The molecule has 0 saturated carbocycles. The van der Waals surface area contributed by atoms with E-state index in [4.69, 9.17) is 9.47 Å². The summed E-state index contributed by atoms with van der Waals surface area (Å²) in [6.07, 6.45) is -0.0316. The van der Waals surface area contributed by atoms with Crippen LogP contribution in [0.25, 0.3) is 10.9 Å². The zero-order valence-electron chi connectivity index (χ0n) is 26.8. The van der Waals surface area contributed by atoms with E-state index in [0.29, 0.717) is 35.8 Å². The van der Waals surface area contributed by atoms with Gasteiger partial charge in [-0.15, -0.1) is 0 Å². The van der Waals surface area contributed by atoms with Crippen molar-refractivity contribution in [3.8, 4) is 5.75 Å². The van der Waals surface area contributed by atoms with Crippen molar-refractivity contribution in [2.75, 3.05) is 65.6 Å². The first-order chi connectivity index (χ1) is 22.1. The van der Waals surface area contributed by atoms with Crippen LogP contribution in [-0.4, -0.2) is 137 Å². The lowest BCUT2D eigenvalue weighted by Crippen LogP contribution is -2.56. The molecule has 1 unspecified atom stereocenters. The molecule has 2 atom stereocenters. The average Bonchev–Trinajstić information content (AvgIpc) is 3.55. The molecule has 2 fully saturated rings. The van der Waals surface area contributed by atoms with E-state index < -0.39 is 29.9 Å².